The Kier molecular flexibility index (Phi) is 6.91. The monoisotopic (exact) mass is 362 g/mol. The molecule has 2 rings (SSSR count). The van der Waals surface area contributed by atoms with Gasteiger partial charge in [0.2, 0.25) is 0 Å². The molecule has 132 valence electrons. The first kappa shape index (κ1) is 18.9. The number of carbonyl (C=O) groups is 1. The van der Waals surface area contributed by atoms with Crippen molar-refractivity contribution >= 4 is 23.2 Å². The van der Waals surface area contributed by atoms with Crippen LogP contribution in [0, 0.1) is 10.1 Å². The van der Waals surface area contributed by atoms with Crippen molar-refractivity contribution in [2.24, 2.45) is 0 Å². The quantitative estimate of drug-likeness (QED) is 0.434. The van der Waals surface area contributed by atoms with Crippen LogP contribution in [-0.2, 0) is 4.74 Å². The summed E-state index contributed by atoms with van der Waals surface area (Å²) in [6.45, 7) is 2.80. The summed E-state index contributed by atoms with van der Waals surface area (Å²) in [5.74, 6) is -0.500. The molecule has 0 heterocycles. The average Bonchev–Trinajstić information content (AvgIpc) is 2.61. The van der Waals surface area contributed by atoms with Crippen molar-refractivity contribution in [3.63, 3.8) is 0 Å². The zero-order valence-corrected chi connectivity index (χ0v) is 14.5. The first-order chi connectivity index (χ1) is 12.0. The lowest BCUT2D eigenvalue weighted by Crippen LogP contribution is -2.26. The van der Waals surface area contributed by atoms with Crippen molar-refractivity contribution in [3.8, 4) is 0 Å². The van der Waals surface area contributed by atoms with Gasteiger partial charge >= 0.3 is 0 Å². The summed E-state index contributed by atoms with van der Waals surface area (Å²) in [4.78, 5) is 22.5. The number of ether oxygens (including phenoxy) is 1. The third-order valence-electron chi connectivity index (χ3n) is 3.64. The second-order valence-corrected chi connectivity index (χ2v) is 5.89. The van der Waals surface area contributed by atoms with Gasteiger partial charge in [-0.3, -0.25) is 14.9 Å². The first-order valence-corrected chi connectivity index (χ1v) is 8.25. The van der Waals surface area contributed by atoms with E-state index in [0.29, 0.717) is 19.6 Å². The summed E-state index contributed by atoms with van der Waals surface area (Å²) in [7, 11) is 0. The largest absolute Gasteiger partial charge is 0.374 e. The molecule has 0 saturated carbocycles. The Morgan fingerprint density at radius 3 is 2.68 bits per heavy atom. The summed E-state index contributed by atoms with van der Waals surface area (Å²) < 4.78 is 5.72. The fourth-order valence-electron chi connectivity index (χ4n) is 2.30. The lowest BCUT2D eigenvalue weighted by molar-refractivity contribution is -0.385. The highest BCUT2D eigenvalue weighted by atomic mass is 35.5. The molecule has 0 saturated heterocycles. The molecule has 1 N–H and O–H groups in total. The van der Waals surface area contributed by atoms with E-state index in [1.807, 2.05) is 37.3 Å². The van der Waals surface area contributed by atoms with Crippen LogP contribution in [0.2, 0.25) is 5.02 Å². The number of benzene rings is 2. The van der Waals surface area contributed by atoms with Crippen LogP contribution in [0.3, 0.4) is 0 Å². The number of nitro benzene ring substituents is 1. The lowest BCUT2D eigenvalue weighted by Gasteiger charge is -2.13. The fraction of sp³-hybridized carbons (Fsp3) is 0.278. The van der Waals surface area contributed by atoms with Crippen molar-refractivity contribution in [1.82, 2.24) is 5.32 Å². The number of nitrogens with one attached hydrogen (secondary N) is 1. The van der Waals surface area contributed by atoms with E-state index >= 15 is 0 Å². The molecule has 0 aliphatic heterocycles. The van der Waals surface area contributed by atoms with Crippen molar-refractivity contribution < 1.29 is 14.5 Å². The molecule has 1 amide bonds. The topological polar surface area (TPSA) is 81.5 Å². The molecule has 7 heteroatoms. The number of rotatable bonds is 8. The van der Waals surface area contributed by atoms with E-state index in [-0.39, 0.29) is 22.4 Å². The molecule has 2 aromatic rings. The van der Waals surface area contributed by atoms with Gasteiger partial charge in [0.05, 0.1) is 11.0 Å². The third-order valence-corrected chi connectivity index (χ3v) is 3.88. The summed E-state index contributed by atoms with van der Waals surface area (Å²) in [5, 5.41) is 13.9. The Morgan fingerprint density at radius 1 is 1.28 bits per heavy atom. The molecule has 0 bridgehead atoms. The Morgan fingerprint density at radius 2 is 2.00 bits per heavy atom. The van der Waals surface area contributed by atoms with Gasteiger partial charge in [0.25, 0.3) is 11.6 Å². The summed E-state index contributed by atoms with van der Waals surface area (Å²) in [5.41, 5.74) is 0.773. The number of hydrogen-bond acceptors (Lipinski definition) is 4. The molecule has 0 aliphatic carbocycles. The molecule has 0 fully saturated rings. The molecule has 2 aromatic carbocycles. The fourth-order valence-corrected chi connectivity index (χ4v) is 2.46. The Labute approximate surface area is 150 Å². The number of nitro groups is 1. The Balaban J connectivity index is 1.79. The van der Waals surface area contributed by atoms with Gasteiger partial charge in [-0.05, 0) is 31.0 Å². The van der Waals surface area contributed by atoms with Crippen LogP contribution >= 0.6 is 11.6 Å². The number of hydrogen-bond donors (Lipinski definition) is 1. The van der Waals surface area contributed by atoms with Crippen LogP contribution in [0.1, 0.15) is 35.4 Å². The second-order valence-electron chi connectivity index (χ2n) is 5.45. The minimum atomic E-state index is -0.620. The maximum Gasteiger partial charge on any atom is 0.283 e. The highest BCUT2D eigenvalue weighted by Gasteiger charge is 2.20. The minimum Gasteiger partial charge on any atom is -0.374 e. The van der Waals surface area contributed by atoms with E-state index in [2.05, 4.69) is 5.32 Å². The molecule has 25 heavy (non-hydrogen) atoms. The molecule has 0 spiro atoms. The SMILES string of the molecule is CC(OCCCNC(=O)c1ccc(Cl)cc1[N+](=O)[O-])c1ccccc1. The molecular formula is C18H19ClN2O4. The molecular weight excluding hydrogens is 344 g/mol. The average molecular weight is 363 g/mol. The van der Waals surface area contributed by atoms with Crippen molar-refractivity contribution in [2.75, 3.05) is 13.2 Å². The number of carbonyl (C=O) groups excluding carboxylic acids is 1. The van der Waals surface area contributed by atoms with E-state index in [1.54, 1.807) is 0 Å². The maximum atomic E-state index is 12.1. The second kappa shape index (κ2) is 9.15. The molecule has 6 nitrogen and oxygen atoms in total. The van der Waals surface area contributed by atoms with Crippen molar-refractivity contribution in [3.05, 3.63) is 74.8 Å². The van der Waals surface area contributed by atoms with E-state index < -0.39 is 10.8 Å². The van der Waals surface area contributed by atoms with Gasteiger partial charge < -0.3 is 10.1 Å². The van der Waals surface area contributed by atoms with E-state index in [4.69, 9.17) is 16.3 Å². The zero-order valence-electron chi connectivity index (χ0n) is 13.8. The van der Waals surface area contributed by atoms with Gasteiger partial charge in [-0.2, -0.15) is 0 Å². The van der Waals surface area contributed by atoms with Crippen LogP contribution in [0.25, 0.3) is 0 Å². The summed E-state index contributed by atoms with van der Waals surface area (Å²) in [6.07, 6.45) is 0.568. The van der Waals surface area contributed by atoms with Crippen molar-refractivity contribution in [1.29, 1.82) is 0 Å². The van der Waals surface area contributed by atoms with E-state index in [1.165, 1.54) is 18.2 Å². The highest BCUT2D eigenvalue weighted by molar-refractivity contribution is 6.31. The molecule has 1 atom stereocenters. The zero-order chi connectivity index (χ0) is 18.2. The van der Waals surface area contributed by atoms with Crippen LogP contribution in [0.5, 0.6) is 0 Å². The predicted octanol–water partition coefficient (Wildman–Crippen LogP) is 4.15. The first-order valence-electron chi connectivity index (χ1n) is 7.87. The molecule has 1 unspecified atom stereocenters. The lowest BCUT2D eigenvalue weighted by atomic mass is 10.1. The number of nitrogens with zero attached hydrogens (tertiary/aromatic N) is 1. The van der Waals surface area contributed by atoms with Gasteiger partial charge in [0.1, 0.15) is 5.56 Å². The van der Waals surface area contributed by atoms with Gasteiger partial charge in [0.15, 0.2) is 0 Å². The van der Waals surface area contributed by atoms with Crippen LogP contribution < -0.4 is 5.32 Å². The van der Waals surface area contributed by atoms with Crippen LogP contribution in [0.15, 0.2) is 48.5 Å². The minimum absolute atomic E-state index is 0.00651. The van der Waals surface area contributed by atoms with E-state index in [9.17, 15) is 14.9 Å². The van der Waals surface area contributed by atoms with Crippen molar-refractivity contribution in [2.45, 2.75) is 19.4 Å². The number of halogens is 1. The van der Waals surface area contributed by atoms with E-state index in [0.717, 1.165) is 5.56 Å². The van der Waals surface area contributed by atoms with Crippen LogP contribution in [0.4, 0.5) is 5.69 Å². The molecule has 0 aliphatic rings. The predicted molar refractivity (Wildman–Crippen MR) is 95.9 cm³/mol. The molecule has 0 aromatic heterocycles. The maximum absolute atomic E-state index is 12.1. The third kappa shape index (κ3) is 5.55. The summed E-state index contributed by atoms with van der Waals surface area (Å²) in [6, 6.07) is 13.8. The van der Waals surface area contributed by atoms with Gasteiger partial charge in [-0.1, -0.05) is 41.9 Å². The standard InChI is InChI=1S/C18H19ClN2O4/c1-13(14-6-3-2-4-7-14)25-11-5-10-20-18(22)16-9-8-15(19)12-17(16)21(23)24/h2-4,6-9,12-13H,5,10-11H2,1H3,(H,20,22). The van der Waals surface area contributed by atoms with Gasteiger partial charge in [-0.25, -0.2) is 0 Å². The Bertz CT molecular complexity index is 737. The summed E-state index contributed by atoms with van der Waals surface area (Å²) >= 11 is 5.74. The van der Waals surface area contributed by atoms with Gasteiger partial charge in [-0.15, -0.1) is 0 Å². The number of amides is 1. The molecule has 0 radical (unpaired) electrons. The van der Waals surface area contributed by atoms with Gasteiger partial charge in [0, 0.05) is 24.2 Å². The Hall–Kier alpha value is -2.44. The smallest absolute Gasteiger partial charge is 0.283 e. The highest BCUT2D eigenvalue weighted by Crippen LogP contribution is 2.23. The van der Waals surface area contributed by atoms with Crippen LogP contribution in [-0.4, -0.2) is 24.0 Å². The normalized spacial score (nSPS) is 11.8.